The maximum Gasteiger partial charge on any atom is 0.264 e. The first-order valence-corrected chi connectivity index (χ1v) is 16.2. The van der Waals surface area contributed by atoms with Crippen LogP contribution in [0.2, 0.25) is 0 Å². The largest absolute Gasteiger partial charge is 0.352 e. The number of carbonyl (C=O) groups is 2. The van der Waals surface area contributed by atoms with Crippen LogP contribution >= 0.6 is 15.9 Å². The number of halogens is 1. The van der Waals surface area contributed by atoms with Crippen molar-refractivity contribution in [3.63, 3.8) is 0 Å². The number of amides is 2. The Balaban J connectivity index is 1.70. The number of nitrogens with one attached hydrogen (secondary N) is 1. The van der Waals surface area contributed by atoms with Crippen LogP contribution in [0.5, 0.6) is 0 Å². The normalized spacial score (nSPS) is 14.5. The lowest BCUT2D eigenvalue weighted by Gasteiger charge is -2.32. The molecule has 0 unspecified atom stereocenters. The molecule has 1 aliphatic rings. The van der Waals surface area contributed by atoms with Crippen molar-refractivity contribution in [3.8, 4) is 0 Å². The van der Waals surface area contributed by atoms with Gasteiger partial charge >= 0.3 is 0 Å². The molecule has 2 amide bonds. The van der Waals surface area contributed by atoms with Crippen LogP contribution < -0.4 is 9.62 Å². The second-order valence-corrected chi connectivity index (χ2v) is 13.7. The highest BCUT2D eigenvalue weighted by atomic mass is 79.9. The van der Waals surface area contributed by atoms with Crippen LogP contribution in [-0.4, -0.2) is 43.8 Å². The molecular formula is C32H38BrN3O4S. The molecule has 9 heteroatoms. The number of benzene rings is 3. The van der Waals surface area contributed by atoms with Crippen molar-refractivity contribution in [2.75, 3.05) is 10.8 Å². The van der Waals surface area contributed by atoms with Gasteiger partial charge in [0.1, 0.15) is 12.6 Å². The summed E-state index contributed by atoms with van der Waals surface area (Å²) < 4.78 is 30.1. The van der Waals surface area contributed by atoms with Gasteiger partial charge in [0.25, 0.3) is 10.0 Å². The number of sulfonamides is 1. The highest BCUT2D eigenvalue weighted by Crippen LogP contribution is 2.27. The molecule has 0 heterocycles. The molecule has 1 saturated carbocycles. The molecule has 41 heavy (non-hydrogen) atoms. The number of anilines is 1. The highest BCUT2D eigenvalue weighted by Gasteiger charge is 2.33. The number of nitrogens with zero attached hydrogens (tertiary/aromatic N) is 2. The third kappa shape index (κ3) is 7.57. The fourth-order valence-electron chi connectivity index (χ4n) is 5.01. The standard InChI is InChI=1S/C32H38BrN3O4S/c1-22-9-17-30(18-10-22)41(39,40)36(29-16-11-23(2)24(3)19-29)21-31(37)35(20-26-12-14-27(33)15-13-26)25(4)32(38)34-28-7-5-6-8-28/h9-19,25,28H,5-8,20-21H2,1-4H3,(H,34,38)/t25-/m0/s1. The summed E-state index contributed by atoms with van der Waals surface area (Å²) in [4.78, 5) is 29.0. The van der Waals surface area contributed by atoms with Crippen LogP contribution in [0.25, 0.3) is 0 Å². The van der Waals surface area contributed by atoms with E-state index in [0.29, 0.717) is 5.69 Å². The van der Waals surface area contributed by atoms with Crippen molar-refractivity contribution < 1.29 is 18.0 Å². The van der Waals surface area contributed by atoms with E-state index < -0.39 is 28.5 Å². The summed E-state index contributed by atoms with van der Waals surface area (Å²) in [7, 11) is -4.09. The Morgan fingerprint density at radius 3 is 2.17 bits per heavy atom. The highest BCUT2D eigenvalue weighted by molar-refractivity contribution is 9.10. The number of carbonyl (C=O) groups excluding carboxylic acids is 2. The number of hydrogen-bond acceptors (Lipinski definition) is 4. The molecule has 1 fully saturated rings. The SMILES string of the molecule is Cc1ccc(S(=O)(=O)N(CC(=O)N(Cc2ccc(Br)cc2)[C@@H](C)C(=O)NC2CCCC2)c2ccc(C)c(C)c2)cc1. The van der Waals surface area contributed by atoms with Crippen molar-refractivity contribution in [1.29, 1.82) is 0 Å². The van der Waals surface area contributed by atoms with E-state index in [1.165, 1.54) is 4.90 Å². The fourth-order valence-corrected chi connectivity index (χ4v) is 6.68. The summed E-state index contributed by atoms with van der Waals surface area (Å²) in [5, 5.41) is 3.10. The van der Waals surface area contributed by atoms with E-state index in [4.69, 9.17) is 0 Å². The number of aryl methyl sites for hydroxylation is 3. The summed E-state index contributed by atoms with van der Waals surface area (Å²) in [6, 6.07) is 18.8. The molecule has 1 atom stereocenters. The van der Waals surface area contributed by atoms with E-state index >= 15 is 0 Å². The zero-order valence-corrected chi connectivity index (χ0v) is 26.5. The van der Waals surface area contributed by atoms with Crippen LogP contribution in [0.3, 0.4) is 0 Å². The van der Waals surface area contributed by atoms with Crippen molar-refractivity contribution in [3.05, 3.63) is 93.5 Å². The Hall–Kier alpha value is -3.17. The van der Waals surface area contributed by atoms with E-state index in [1.807, 2.05) is 51.1 Å². The van der Waals surface area contributed by atoms with E-state index in [2.05, 4.69) is 21.2 Å². The lowest BCUT2D eigenvalue weighted by atomic mass is 10.1. The Morgan fingerprint density at radius 2 is 1.56 bits per heavy atom. The van der Waals surface area contributed by atoms with Gasteiger partial charge in [0.2, 0.25) is 11.8 Å². The summed E-state index contributed by atoms with van der Waals surface area (Å²) in [6.07, 6.45) is 3.99. The molecular weight excluding hydrogens is 602 g/mol. The van der Waals surface area contributed by atoms with Gasteiger partial charge in [-0.05, 0) is 93.6 Å². The average Bonchev–Trinajstić information content (AvgIpc) is 3.45. The van der Waals surface area contributed by atoms with Crippen molar-refractivity contribution in [1.82, 2.24) is 10.2 Å². The lowest BCUT2D eigenvalue weighted by Crippen LogP contribution is -2.52. The van der Waals surface area contributed by atoms with Crippen molar-refractivity contribution in [2.24, 2.45) is 0 Å². The van der Waals surface area contributed by atoms with Gasteiger partial charge in [0.15, 0.2) is 0 Å². The first-order valence-electron chi connectivity index (χ1n) is 14.0. The number of rotatable bonds is 10. The van der Waals surface area contributed by atoms with Crippen LogP contribution in [0.15, 0.2) is 76.1 Å². The molecule has 0 bridgehead atoms. The van der Waals surface area contributed by atoms with Gasteiger partial charge in [-0.25, -0.2) is 8.42 Å². The molecule has 7 nitrogen and oxygen atoms in total. The van der Waals surface area contributed by atoms with Crippen molar-refractivity contribution in [2.45, 2.75) is 76.9 Å². The van der Waals surface area contributed by atoms with Gasteiger partial charge in [0.05, 0.1) is 10.6 Å². The van der Waals surface area contributed by atoms with Crippen LogP contribution in [0.4, 0.5) is 5.69 Å². The van der Waals surface area contributed by atoms with Gasteiger partial charge in [-0.1, -0.05) is 64.7 Å². The zero-order chi connectivity index (χ0) is 29.7. The van der Waals surface area contributed by atoms with E-state index in [0.717, 1.165) is 56.7 Å². The minimum absolute atomic E-state index is 0.0978. The number of hydrogen-bond donors (Lipinski definition) is 1. The Labute approximate surface area is 252 Å². The Morgan fingerprint density at radius 1 is 0.927 bits per heavy atom. The summed E-state index contributed by atoms with van der Waals surface area (Å²) in [5.74, 6) is -0.697. The monoisotopic (exact) mass is 639 g/mol. The maximum atomic E-state index is 14.1. The first kappa shape index (κ1) is 30.8. The summed E-state index contributed by atoms with van der Waals surface area (Å²) in [6.45, 7) is 7.17. The summed E-state index contributed by atoms with van der Waals surface area (Å²) >= 11 is 3.44. The van der Waals surface area contributed by atoms with E-state index in [1.54, 1.807) is 43.3 Å². The molecule has 3 aromatic carbocycles. The second-order valence-electron chi connectivity index (χ2n) is 10.9. The smallest absolute Gasteiger partial charge is 0.264 e. The van der Waals surface area contributed by atoms with E-state index in [9.17, 15) is 18.0 Å². The minimum atomic E-state index is -4.09. The van der Waals surface area contributed by atoms with Gasteiger partial charge < -0.3 is 10.2 Å². The van der Waals surface area contributed by atoms with Gasteiger partial charge in [-0.15, -0.1) is 0 Å². The molecule has 3 aromatic rings. The Kier molecular flexibility index (Phi) is 9.92. The molecule has 1 N–H and O–H groups in total. The predicted octanol–water partition coefficient (Wildman–Crippen LogP) is 6.05. The van der Waals surface area contributed by atoms with Crippen LogP contribution in [-0.2, 0) is 26.2 Å². The van der Waals surface area contributed by atoms with Gasteiger partial charge in [-0.3, -0.25) is 13.9 Å². The van der Waals surface area contributed by atoms with Crippen LogP contribution in [0.1, 0.15) is 54.9 Å². The Bertz CT molecular complexity index is 1480. The predicted molar refractivity (Wildman–Crippen MR) is 166 cm³/mol. The lowest BCUT2D eigenvalue weighted by molar-refractivity contribution is -0.139. The quantitative estimate of drug-likeness (QED) is 0.293. The van der Waals surface area contributed by atoms with Gasteiger partial charge in [0, 0.05) is 17.1 Å². The van der Waals surface area contributed by atoms with Crippen molar-refractivity contribution >= 4 is 43.5 Å². The zero-order valence-electron chi connectivity index (χ0n) is 24.1. The molecule has 4 rings (SSSR count). The molecule has 0 spiro atoms. The van der Waals surface area contributed by atoms with E-state index in [-0.39, 0.29) is 23.4 Å². The fraction of sp³-hybridized carbons (Fsp3) is 0.375. The second kappa shape index (κ2) is 13.2. The molecule has 0 saturated heterocycles. The van der Waals surface area contributed by atoms with Gasteiger partial charge in [-0.2, -0.15) is 0 Å². The molecule has 0 aromatic heterocycles. The third-order valence-corrected chi connectivity index (χ3v) is 10.1. The summed E-state index contributed by atoms with van der Waals surface area (Å²) in [5.41, 5.74) is 4.09. The topological polar surface area (TPSA) is 86.8 Å². The minimum Gasteiger partial charge on any atom is -0.352 e. The molecule has 0 radical (unpaired) electrons. The molecule has 218 valence electrons. The maximum absolute atomic E-state index is 14.1. The molecule has 1 aliphatic carbocycles. The average molecular weight is 641 g/mol. The van der Waals surface area contributed by atoms with Crippen LogP contribution in [0, 0.1) is 20.8 Å². The first-order chi connectivity index (χ1) is 19.5. The third-order valence-electron chi connectivity index (χ3n) is 7.80. The molecule has 0 aliphatic heterocycles.